The van der Waals surface area contributed by atoms with Crippen molar-refractivity contribution < 1.29 is 0 Å². The number of benzene rings is 1. The molecule has 1 nitrogen and oxygen atoms in total. The zero-order valence-electron chi connectivity index (χ0n) is 6.18. The summed E-state index contributed by atoms with van der Waals surface area (Å²) in [6.45, 7) is 0. The molecule has 2 heteroatoms. The van der Waals surface area contributed by atoms with E-state index in [0.29, 0.717) is 6.04 Å². The van der Waals surface area contributed by atoms with Gasteiger partial charge in [-0.1, -0.05) is 40.8 Å². The Balaban J connectivity index is 2.27. The molecule has 1 aromatic rings. The van der Waals surface area contributed by atoms with E-state index in [9.17, 15) is 0 Å². The number of halogens is 1. The number of rotatable bonds is 1. The van der Waals surface area contributed by atoms with Gasteiger partial charge >= 0.3 is 0 Å². The van der Waals surface area contributed by atoms with Crippen LogP contribution in [0.25, 0.3) is 0 Å². The minimum Gasteiger partial charge on any atom is -0.381 e. The lowest BCUT2D eigenvalue weighted by Crippen LogP contribution is -2.16. The lowest BCUT2D eigenvalue weighted by Gasteiger charge is -2.04. The van der Waals surface area contributed by atoms with Gasteiger partial charge in [0.25, 0.3) is 0 Å². The molecule has 0 saturated carbocycles. The molecule has 1 N–H and O–H groups in total. The summed E-state index contributed by atoms with van der Waals surface area (Å²) in [7, 11) is 0. The van der Waals surface area contributed by atoms with Crippen LogP contribution in [0.15, 0.2) is 24.3 Å². The van der Waals surface area contributed by atoms with Crippen LogP contribution in [0.1, 0.15) is 5.56 Å². The Bertz CT molecular complexity index is 234. The summed E-state index contributed by atoms with van der Waals surface area (Å²) in [5.41, 5.74) is 2.79. The van der Waals surface area contributed by atoms with E-state index in [1.165, 1.54) is 22.1 Å². The van der Waals surface area contributed by atoms with Crippen molar-refractivity contribution in [3.05, 3.63) is 29.8 Å². The third kappa shape index (κ3) is 1.36. The largest absolute Gasteiger partial charge is 0.381 e. The van der Waals surface area contributed by atoms with Crippen molar-refractivity contribution in [2.75, 3.05) is 9.74 Å². The first-order valence-corrected chi connectivity index (χ1v) is 5.33. The van der Waals surface area contributed by atoms with Gasteiger partial charge < -0.3 is 5.32 Å². The number of anilines is 1. The molecule has 1 aliphatic rings. The Kier molecular flexibility index (Phi) is 2.02. The second-order valence-electron chi connectivity index (χ2n) is 2.86. The van der Waals surface area contributed by atoms with Crippen molar-refractivity contribution in [3.8, 4) is 0 Å². The highest BCUT2D eigenvalue weighted by Crippen LogP contribution is 2.25. The van der Waals surface area contributed by atoms with Crippen LogP contribution in [-0.4, -0.2) is 10.5 Å². The fourth-order valence-corrected chi connectivity index (χ4v) is 2.00. The molecule has 1 unspecified atom stereocenters. The molecule has 1 aromatic carbocycles. The van der Waals surface area contributed by atoms with Crippen molar-refractivity contribution in [2.24, 2.45) is 0 Å². The van der Waals surface area contributed by atoms with Crippen molar-refractivity contribution >= 4 is 28.3 Å². The zero-order valence-corrected chi connectivity index (χ0v) is 8.34. The summed E-state index contributed by atoms with van der Waals surface area (Å²) < 4.78 is 1.19. The van der Waals surface area contributed by atoms with Crippen molar-refractivity contribution in [3.63, 3.8) is 0 Å². The molecule has 0 saturated heterocycles. The van der Waals surface area contributed by atoms with E-state index in [2.05, 4.69) is 52.2 Å². The number of fused-ring (bicyclic) bond motifs is 1. The molecule has 0 radical (unpaired) electrons. The number of nitrogens with one attached hydrogen (secondary N) is 1. The Morgan fingerprint density at radius 2 is 2.27 bits per heavy atom. The molecule has 1 aliphatic heterocycles. The van der Waals surface area contributed by atoms with Gasteiger partial charge in [-0.2, -0.15) is 0 Å². The molecule has 0 amide bonds. The van der Waals surface area contributed by atoms with Crippen molar-refractivity contribution in [2.45, 2.75) is 12.5 Å². The van der Waals surface area contributed by atoms with Gasteiger partial charge in [0.1, 0.15) is 0 Å². The molecule has 0 aliphatic carbocycles. The number of alkyl halides is 1. The molecule has 0 aromatic heterocycles. The molecule has 0 bridgehead atoms. The van der Waals surface area contributed by atoms with E-state index in [0.717, 1.165) is 0 Å². The van der Waals surface area contributed by atoms with Crippen LogP contribution < -0.4 is 5.32 Å². The predicted molar refractivity (Wildman–Crippen MR) is 56.4 cm³/mol. The van der Waals surface area contributed by atoms with Gasteiger partial charge in [-0.15, -0.1) is 0 Å². The SMILES string of the molecule is ICC1Cc2ccccc2N1. The normalized spacial score (nSPS) is 21.0. The summed E-state index contributed by atoms with van der Waals surface area (Å²) in [5.74, 6) is 0. The fraction of sp³-hybridized carbons (Fsp3) is 0.333. The monoisotopic (exact) mass is 259 g/mol. The van der Waals surface area contributed by atoms with Gasteiger partial charge in [-0.25, -0.2) is 0 Å². The van der Waals surface area contributed by atoms with Crippen molar-refractivity contribution in [1.29, 1.82) is 0 Å². The minimum absolute atomic E-state index is 0.660. The van der Waals surface area contributed by atoms with E-state index in [-0.39, 0.29) is 0 Å². The average molecular weight is 259 g/mol. The molecule has 1 atom stereocenters. The number of para-hydroxylation sites is 1. The van der Waals surface area contributed by atoms with Crippen LogP contribution in [0, 0.1) is 0 Å². The van der Waals surface area contributed by atoms with Gasteiger partial charge in [0, 0.05) is 16.2 Å². The molecule has 11 heavy (non-hydrogen) atoms. The number of hydrogen-bond donors (Lipinski definition) is 1. The molecule has 0 spiro atoms. The second-order valence-corrected chi connectivity index (χ2v) is 3.74. The van der Waals surface area contributed by atoms with Gasteiger partial charge in [0.15, 0.2) is 0 Å². The number of hydrogen-bond acceptors (Lipinski definition) is 1. The van der Waals surface area contributed by atoms with E-state index >= 15 is 0 Å². The highest BCUT2D eigenvalue weighted by atomic mass is 127. The molecular formula is C9H10IN. The van der Waals surface area contributed by atoms with E-state index in [4.69, 9.17) is 0 Å². The minimum atomic E-state index is 0.660. The Labute approximate surface area is 80.3 Å². The summed E-state index contributed by atoms with van der Waals surface area (Å²) in [6.07, 6.45) is 1.19. The van der Waals surface area contributed by atoms with Crippen LogP contribution in [0.4, 0.5) is 5.69 Å². The van der Waals surface area contributed by atoms with Gasteiger partial charge in [0.05, 0.1) is 0 Å². The van der Waals surface area contributed by atoms with Crippen LogP contribution in [0.3, 0.4) is 0 Å². The maximum absolute atomic E-state index is 3.48. The fourth-order valence-electron chi connectivity index (χ4n) is 1.47. The maximum Gasteiger partial charge on any atom is 0.0391 e. The molecule has 58 valence electrons. The maximum atomic E-state index is 3.48. The Morgan fingerprint density at radius 3 is 3.00 bits per heavy atom. The van der Waals surface area contributed by atoms with Gasteiger partial charge in [-0.3, -0.25) is 0 Å². The Hall–Kier alpha value is -0.250. The topological polar surface area (TPSA) is 12.0 Å². The summed E-state index contributed by atoms with van der Waals surface area (Å²) in [4.78, 5) is 0. The van der Waals surface area contributed by atoms with Crippen LogP contribution >= 0.6 is 22.6 Å². The highest BCUT2D eigenvalue weighted by molar-refractivity contribution is 14.1. The van der Waals surface area contributed by atoms with E-state index in [1.54, 1.807) is 0 Å². The van der Waals surface area contributed by atoms with Crippen molar-refractivity contribution in [1.82, 2.24) is 0 Å². The smallest absolute Gasteiger partial charge is 0.0391 e. The highest BCUT2D eigenvalue weighted by Gasteiger charge is 2.17. The van der Waals surface area contributed by atoms with Crippen LogP contribution in [-0.2, 0) is 6.42 Å². The average Bonchev–Trinajstić information content (AvgIpc) is 2.46. The second kappa shape index (κ2) is 3.01. The third-order valence-corrected chi connectivity index (χ3v) is 3.09. The molecule has 1 heterocycles. The van der Waals surface area contributed by atoms with Crippen LogP contribution in [0.5, 0.6) is 0 Å². The standard InChI is InChI=1S/C9H10IN/c10-6-8-5-7-3-1-2-4-9(7)11-8/h1-4,8,11H,5-6H2. The first-order chi connectivity index (χ1) is 5.40. The molecule has 2 rings (SSSR count). The van der Waals surface area contributed by atoms with Crippen LogP contribution in [0.2, 0.25) is 0 Å². The molecular weight excluding hydrogens is 249 g/mol. The quantitative estimate of drug-likeness (QED) is 0.603. The first-order valence-electron chi connectivity index (χ1n) is 3.80. The lowest BCUT2D eigenvalue weighted by atomic mass is 10.1. The van der Waals surface area contributed by atoms with Gasteiger partial charge in [0.2, 0.25) is 0 Å². The summed E-state index contributed by atoms with van der Waals surface area (Å²) in [5, 5.41) is 3.48. The lowest BCUT2D eigenvalue weighted by molar-refractivity contribution is 0.864. The Morgan fingerprint density at radius 1 is 1.45 bits per heavy atom. The summed E-state index contributed by atoms with van der Waals surface area (Å²) in [6, 6.07) is 9.21. The molecule has 0 fully saturated rings. The van der Waals surface area contributed by atoms with E-state index < -0.39 is 0 Å². The summed E-state index contributed by atoms with van der Waals surface area (Å²) >= 11 is 2.43. The zero-order chi connectivity index (χ0) is 7.68. The predicted octanol–water partition coefficient (Wildman–Crippen LogP) is 2.46. The first kappa shape index (κ1) is 7.40. The third-order valence-electron chi connectivity index (χ3n) is 2.03. The van der Waals surface area contributed by atoms with Gasteiger partial charge in [-0.05, 0) is 18.1 Å². The van der Waals surface area contributed by atoms with E-state index in [1.807, 2.05) is 0 Å².